The highest BCUT2D eigenvalue weighted by Crippen LogP contribution is 2.45. The minimum absolute atomic E-state index is 0.252. The summed E-state index contributed by atoms with van der Waals surface area (Å²) < 4.78 is 5.90. The first-order chi connectivity index (χ1) is 14.2. The second-order valence-corrected chi connectivity index (χ2v) is 7.90. The smallest absolute Gasteiger partial charge is 0.269 e. The number of anilines is 1. The summed E-state index contributed by atoms with van der Waals surface area (Å²) in [5, 5.41) is 7.00. The lowest BCUT2D eigenvalue weighted by molar-refractivity contribution is 0.0958. The summed E-state index contributed by atoms with van der Waals surface area (Å²) in [5.41, 5.74) is 1.18. The molecule has 148 valence electrons. The first kappa shape index (κ1) is 17.8. The van der Waals surface area contributed by atoms with Gasteiger partial charge in [0.25, 0.3) is 5.91 Å². The lowest BCUT2D eigenvalue weighted by atomic mass is 9.95. The van der Waals surface area contributed by atoms with Gasteiger partial charge >= 0.3 is 0 Å². The molecule has 2 bridgehead atoms. The quantitative estimate of drug-likeness (QED) is 0.690. The average Bonchev–Trinajstić information content (AvgIpc) is 3.37. The van der Waals surface area contributed by atoms with E-state index in [-0.39, 0.29) is 5.91 Å². The number of amides is 1. The predicted octanol–water partition coefficient (Wildman–Crippen LogP) is 3.78. The topological polar surface area (TPSA) is 89.0 Å². The van der Waals surface area contributed by atoms with Crippen LogP contribution in [-0.2, 0) is 0 Å². The van der Waals surface area contributed by atoms with Crippen molar-refractivity contribution in [2.24, 2.45) is 11.8 Å². The van der Waals surface area contributed by atoms with Crippen molar-refractivity contribution in [3.8, 4) is 11.5 Å². The Hall–Kier alpha value is -3.22. The third-order valence-corrected chi connectivity index (χ3v) is 6.03. The van der Waals surface area contributed by atoms with Gasteiger partial charge < -0.3 is 15.4 Å². The fourth-order valence-electron chi connectivity index (χ4n) is 4.59. The van der Waals surface area contributed by atoms with E-state index >= 15 is 0 Å². The lowest BCUT2D eigenvalue weighted by Crippen LogP contribution is -2.26. The SMILES string of the molecule is CNC(=O)c1cc(Oc2ccc3nc(NC4CC5CCC4C5)ncc3c2)ccn1. The molecular weight excluding hydrogens is 366 g/mol. The van der Waals surface area contributed by atoms with Crippen molar-refractivity contribution in [3.63, 3.8) is 0 Å². The molecule has 3 atom stereocenters. The van der Waals surface area contributed by atoms with E-state index in [9.17, 15) is 4.79 Å². The minimum Gasteiger partial charge on any atom is -0.457 e. The van der Waals surface area contributed by atoms with Crippen molar-refractivity contribution >= 4 is 22.8 Å². The maximum atomic E-state index is 11.7. The molecule has 2 heterocycles. The number of nitrogens with zero attached hydrogens (tertiary/aromatic N) is 3. The van der Waals surface area contributed by atoms with Crippen molar-refractivity contribution in [1.82, 2.24) is 20.3 Å². The summed E-state index contributed by atoms with van der Waals surface area (Å²) in [6, 6.07) is 9.54. The fraction of sp³-hybridized carbons (Fsp3) is 0.364. The Morgan fingerprint density at radius 3 is 2.79 bits per heavy atom. The van der Waals surface area contributed by atoms with Crippen LogP contribution in [0.4, 0.5) is 5.95 Å². The molecule has 3 aromatic rings. The minimum atomic E-state index is -0.252. The summed E-state index contributed by atoms with van der Waals surface area (Å²) >= 11 is 0. The Balaban J connectivity index is 1.32. The molecule has 2 aliphatic rings. The maximum absolute atomic E-state index is 11.7. The van der Waals surface area contributed by atoms with Gasteiger partial charge in [0.05, 0.1) is 5.52 Å². The zero-order chi connectivity index (χ0) is 19.8. The third kappa shape index (κ3) is 3.60. The average molecular weight is 389 g/mol. The molecule has 5 rings (SSSR count). The van der Waals surface area contributed by atoms with Crippen LogP contribution in [0.25, 0.3) is 10.9 Å². The van der Waals surface area contributed by atoms with E-state index in [0.717, 1.165) is 22.7 Å². The number of aromatic nitrogens is 3. The molecule has 0 aliphatic heterocycles. The second kappa shape index (κ2) is 7.31. The molecule has 0 spiro atoms. The number of hydrogen-bond acceptors (Lipinski definition) is 6. The molecule has 7 heteroatoms. The fourth-order valence-corrected chi connectivity index (χ4v) is 4.59. The van der Waals surface area contributed by atoms with E-state index in [1.165, 1.54) is 25.7 Å². The van der Waals surface area contributed by atoms with E-state index in [4.69, 9.17) is 4.74 Å². The Kier molecular flexibility index (Phi) is 4.50. The number of rotatable bonds is 5. The second-order valence-electron chi connectivity index (χ2n) is 7.90. The van der Waals surface area contributed by atoms with Gasteiger partial charge in [-0.15, -0.1) is 0 Å². The van der Waals surface area contributed by atoms with Crippen molar-refractivity contribution in [2.75, 3.05) is 12.4 Å². The highest BCUT2D eigenvalue weighted by molar-refractivity contribution is 5.92. The summed E-state index contributed by atoms with van der Waals surface area (Å²) in [4.78, 5) is 25.0. The third-order valence-electron chi connectivity index (χ3n) is 6.03. The van der Waals surface area contributed by atoms with E-state index in [1.807, 2.05) is 24.4 Å². The van der Waals surface area contributed by atoms with Gasteiger partial charge in [-0.3, -0.25) is 9.78 Å². The molecular formula is C22H23N5O2. The van der Waals surface area contributed by atoms with Gasteiger partial charge in [0, 0.05) is 36.9 Å². The molecule has 0 saturated heterocycles. The zero-order valence-corrected chi connectivity index (χ0v) is 16.3. The normalized spacial score (nSPS) is 22.6. The van der Waals surface area contributed by atoms with Gasteiger partial charge in [-0.1, -0.05) is 6.42 Å². The molecule has 2 fully saturated rings. The molecule has 29 heavy (non-hydrogen) atoms. The first-order valence-electron chi connectivity index (χ1n) is 10.1. The van der Waals surface area contributed by atoms with Gasteiger partial charge in [-0.25, -0.2) is 9.97 Å². The van der Waals surface area contributed by atoms with Gasteiger partial charge in [0.1, 0.15) is 17.2 Å². The van der Waals surface area contributed by atoms with Crippen LogP contribution >= 0.6 is 0 Å². The largest absolute Gasteiger partial charge is 0.457 e. The van der Waals surface area contributed by atoms with Crippen LogP contribution in [0.3, 0.4) is 0 Å². The monoisotopic (exact) mass is 389 g/mol. The number of carbonyl (C=O) groups excluding carboxylic acids is 1. The number of fused-ring (bicyclic) bond motifs is 3. The summed E-state index contributed by atoms with van der Waals surface area (Å²) in [6.45, 7) is 0. The summed E-state index contributed by atoms with van der Waals surface area (Å²) in [7, 11) is 1.57. The van der Waals surface area contributed by atoms with E-state index in [2.05, 4.69) is 25.6 Å². The van der Waals surface area contributed by atoms with Crippen LogP contribution in [0.2, 0.25) is 0 Å². The Morgan fingerprint density at radius 2 is 2.00 bits per heavy atom. The number of hydrogen-bond donors (Lipinski definition) is 2. The van der Waals surface area contributed by atoms with Crippen molar-refractivity contribution in [1.29, 1.82) is 0 Å². The van der Waals surface area contributed by atoms with Gasteiger partial charge in [-0.2, -0.15) is 0 Å². The van der Waals surface area contributed by atoms with Gasteiger partial charge in [0.15, 0.2) is 0 Å². The molecule has 7 nitrogen and oxygen atoms in total. The number of benzene rings is 1. The van der Waals surface area contributed by atoms with Crippen LogP contribution in [0.15, 0.2) is 42.7 Å². The van der Waals surface area contributed by atoms with Crippen molar-refractivity contribution in [2.45, 2.75) is 31.7 Å². The molecule has 0 radical (unpaired) electrons. The van der Waals surface area contributed by atoms with Gasteiger partial charge in [-0.05, 0) is 55.4 Å². The lowest BCUT2D eigenvalue weighted by Gasteiger charge is -2.22. The number of carbonyl (C=O) groups is 1. The summed E-state index contributed by atoms with van der Waals surface area (Å²) in [6.07, 6.45) is 8.68. The molecule has 2 saturated carbocycles. The van der Waals surface area contributed by atoms with E-state index < -0.39 is 0 Å². The highest BCUT2D eigenvalue weighted by atomic mass is 16.5. The Bertz CT molecular complexity index is 1070. The van der Waals surface area contributed by atoms with Gasteiger partial charge in [0.2, 0.25) is 5.95 Å². The first-order valence-corrected chi connectivity index (χ1v) is 10.1. The van der Waals surface area contributed by atoms with Crippen LogP contribution in [0.1, 0.15) is 36.2 Å². The van der Waals surface area contributed by atoms with Crippen molar-refractivity contribution in [3.05, 3.63) is 48.4 Å². The maximum Gasteiger partial charge on any atom is 0.269 e. The Labute approximate surface area is 168 Å². The molecule has 2 aliphatic carbocycles. The van der Waals surface area contributed by atoms with Crippen LogP contribution in [-0.4, -0.2) is 33.9 Å². The van der Waals surface area contributed by atoms with Crippen LogP contribution in [0.5, 0.6) is 11.5 Å². The summed E-state index contributed by atoms with van der Waals surface area (Å²) in [5.74, 6) is 3.31. The molecule has 2 aromatic heterocycles. The molecule has 2 N–H and O–H groups in total. The van der Waals surface area contributed by atoms with E-state index in [0.29, 0.717) is 29.2 Å². The molecule has 1 amide bonds. The highest BCUT2D eigenvalue weighted by Gasteiger charge is 2.39. The predicted molar refractivity (Wildman–Crippen MR) is 110 cm³/mol. The number of ether oxygens (including phenoxy) is 1. The zero-order valence-electron chi connectivity index (χ0n) is 16.3. The van der Waals surface area contributed by atoms with Crippen LogP contribution < -0.4 is 15.4 Å². The Morgan fingerprint density at radius 1 is 1.10 bits per heavy atom. The number of pyridine rings is 1. The van der Waals surface area contributed by atoms with Crippen molar-refractivity contribution < 1.29 is 9.53 Å². The molecule has 3 unspecified atom stereocenters. The van der Waals surface area contributed by atoms with Crippen LogP contribution in [0, 0.1) is 11.8 Å². The standard InChI is InChI=1S/C22H23N5O2/c1-23-21(28)20-11-17(6-7-24-20)29-16-4-5-18-15(10-16)12-25-22(26-18)27-19-9-13-2-3-14(19)8-13/h4-7,10-14,19H,2-3,8-9H2,1H3,(H,23,28)(H,25,26,27). The van der Waals surface area contributed by atoms with E-state index in [1.54, 1.807) is 25.4 Å². The number of nitrogens with one attached hydrogen (secondary N) is 2. The molecule has 1 aromatic carbocycles.